The smallest absolute Gasteiger partial charge is 0.245 e. The molecule has 2 aromatic carbocycles. The van der Waals surface area contributed by atoms with E-state index in [0.717, 1.165) is 18.5 Å². The number of aryl methyl sites for hydroxylation is 1. The van der Waals surface area contributed by atoms with Gasteiger partial charge in [-0.1, -0.05) is 30.3 Å². The van der Waals surface area contributed by atoms with Gasteiger partial charge in [0, 0.05) is 31.2 Å². The molecule has 156 valence electrons. The van der Waals surface area contributed by atoms with Crippen LogP contribution in [0.2, 0.25) is 0 Å². The summed E-state index contributed by atoms with van der Waals surface area (Å²) >= 11 is 0. The van der Waals surface area contributed by atoms with E-state index in [4.69, 9.17) is 0 Å². The van der Waals surface area contributed by atoms with Crippen LogP contribution in [0.5, 0.6) is 0 Å². The molecule has 2 atom stereocenters. The summed E-state index contributed by atoms with van der Waals surface area (Å²) in [7, 11) is 0. The molecule has 8 heteroatoms. The third-order valence-corrected chi connectivity index (χ3v) is 5.60. The van der Waals surface area contributed by atoms with Gasteiger partial charge >= 0.3 is 0 Å². The highest BCUT2D eigenvalue weighted by molar-refractivity contribution is 5.80. The van der Waals surface area contributed by atoms with Crippen LogP contribution in [-0.4, -0.2) is 45.2 Å². The van der Waals surface area contributed by atoms with Crippen LogP contribution in [0.3, 0.4) is 0 Å². The number of anilines is 1. The zero-order valence-electron chi connectivity index (χ0n) is 17.1. The molecule has 0 fully saturated rings. The van der Waals surface area contributed by atoms with Crippen LogP contribution >= 0.6 is 0 Å². The van der Waals surface area contributed by atoms with Gasteiger partial charge in [0.15, 0.2) is 0 Å². The molecule has 0 spiro atoms. The molecule has 0 saturated carbocycles. The molecule has 1 aromatic heterocycles. The van der Waals surface area contributed by atoms with Gasteiger partial charge in [0.05, 0.1) is 0 Å². The first-order chi connectivity index (χ1) is 14.5. The standard InChI is InChI=1S/C22H25FN6O/c1-15-13-18-5-3-4-6-20(18)28(15)12-11-24-22(30)21(29-16(2)25-26-27-29)14-17-7-9-19(23)10-8-17/h3-10,15,21H,11-14H2,1-2H3,(H,24,30). The first kappa shape index (κ1) is 20.0. The van der Waals surface area contributed by atoms with E-state index in [9.17, 15) is 9.18 Å². The lowest BCUT2D eigenvalue weighted by atomic mass is 10.1. The molecule has 0 aliphatic carbocycles. The Morgan fingerprint density at radius 2 is 2.00 bits per heavy atom. The van der Waals surface area contributed by atoms with Crippen LogP contribution in [0.1, 0.15) is 29.9 Å². The van der Waals surface area contributed by atoms with Crippen molar-refractivity contribution < 1.29 is 9.18 Å². The average molecular weight is 408 g/mol. The molecule has 30 heavy (non-hydrogen) atoms. The summed E-state index contributed by atoms with van der Waals surface area (Å²) in [6.45, 7) is 5.19. The van der Waals surface area contributed by atoms with Gasteiger partial charge in [-0.3, -0.25) is 4.79 Å². The molecule has 0 bridgehead atoms. The summed E-state index contributed by atoms with van der Waals surface area (Å²) in [5, 5.41) is 14.6. The summed E-state index contributed by atoms with van der Waals surface area (Å²) in [5.41, 5.74) is 3.42. The Hall–Kier alpha value is -3.29. The predicted octanol–water partition coefficient (Wildman–Crippen LogP) is 2.47. The quantitative estimate of drug-likeness (QED) is 0.650. The van der Waals surface area contributed by atoms with Gasteiger partial charge < -0.3 is 10.2 Å². The van der Waals surface area contributed by atoms with Crippen molar-refractivity contribution in [3.63, 3.8) is 0 Å². The lowest BCUT2D eigenvalue weighted by molar-refractivity contribution is -0.124. The third kappa shape index (κ3) is 4.17. The van der Waals surface area contributed by atoms with Gasteiger partial charge in [-0.05, 0) is 60.0 Å². The number of carbonyl (C=O) groups excluding carboxylic acids is 1. The first-order valence-electron chi connectivity index (χ1n) is 10.1. The normalized spacial score (nSPS) is 16.4. The number of nitrogens with zero attached hydrogens (tertiary/aromatic N) is 5. The van der Waals surface area contributed by atoms with E-state index < -0.39 is 6.04 Å². The van der Waals surface area contributed by atoms with Crippen molar-refractivity contribution >= 4 is 11.6 Å². The summed E-state index contributed by atoms with van der Waals surface area (Å²) in [4.78, 5) is 15.4. The Bertz CT molecular complexity index is 1020. The maximum Gasteiger partial charge on any atom is 0.245 e. The van der Waals surface area contributed by atoms with E-state index in [2.05, 4.69) is 50.9 Å². The van der Waals surface area contributed by atoms with E-state index in [1.165, 1.54) is 28.1 Å². The maximum atomic E-state index is 13.3. The van der Waals surface area contributed by atoms with E-state index in [1.807, 2.05) is 6.07 Å². The molecule has 1 aliphatic heterocycles. The average Bonchev–Trinajstić information content (AvgIpc) is 3.30. The molecular formula is C22H25FN6O. The minimum Gasteiger partial charge on any atom is -0.367 e. The van der Waals surface area contributed by atoms with Gasteiger partial charge in [0.2, 0.25) is 5.91 Å². The number of carbonyl (C=O) groups is 1. The monoisotopic (exact) mass is 408 g/mol. The topological polar surface area (TPSA) is 75.9 Å². The number of aromatic nitrogens is 4. The minimum absolute atomic E-state index is 0.158. The van der Waals surface area contributed by atoms with Crippen LogP contribution in [0.15, 0.2) is 48.5 Å². The number of hydrogen-bond acceptors (Lipinski definition) is 5. The fourth-order valence-electron chi connectivity index (χ4n) is 4.05. The van der Waals surface area contributed by atoms with E-state index in [-0.39, 0.29) is 11.7 Å². The van der Waals surface area contributed by atoms with Crippen molar-refractivity contribution in [2.75, 3.05) is 18.0 Å². The van der Waals surface area contributed by atoms with Crippen molar-refractivity contribution in [2.24, 2.45) is 0 Å². The van der Waals surface area contributed by atoms with Gasteiger partial charge in [0.1, 0.15) is 17.7 Å². The molecule has 4 rings (SSSR count). The number of rotatable bonds is 7. The lowest BCUT2D eigenvalue weighted by Gasteiger charge is -2.25. The molecule has 1 N–H and O–H groups in total. The summed E-state index contributed by atoms with van der Waals surface area (Å²) in [6.07, 6.45) is 1.39. The number of tetrazole rings is 1. The second-order valence-electron chi connectivity index (χ2n) is 7.68. The van der Waals surface area contributed by atoms with Crippen LogP contribution in [0, 0.1) is 12.7 Å². The second kappa shape index (κ2) is 8.61. The first-order valence-corrected chi connectivity index (χ1v) is 10.1. The molecular weight excluding hydrogens is 383 g/mol. The Morgan fingerprint density at radius 3 is 2.73 bits per heavy atom. The van der Waals surface area contributed by atoms with Crippen LogP contribution < -0.4 is 10.2 Å². The van der Waals surface area contributed by atoms with E-state index >= 15 is 0 Å². The van der Waals surface area contributed by atoms with Gasteiger partial charge in [-0.2, -0.15) is 0 Å². The lowest BCUT2D eigenvalue weighted by Crippen LogP contribution is -2.41. The molecule has 3 aromatic rings. The largest absolute Gasteiger partial charge is 0.367 e. The highest BCUT2D eigenvalue weighted by atomic mass is 19.1. The number of fused-ring (bicyclic) bond motifs is 1. The number of benzene rings is 2. The predicted molar refractivity (Wildman–Crippen MR) is 112 cm³/mol. The molecule has 2 unspecified atom stereocenters. The van der Waals surface area contributed by atoms with E-state index in [1.54, 1.807) is 19.1 Å². The highest BCUT2D eigenvalue weighted by Gasteiger charge is 2.27. The summed E-state index contributed by atoms with van der Waals surface area (Å²) < 4.78 is 14.8. The zero-order chi connectivity index (χ0) is 21.1. The Labute approximate surface area is 174 Å². The van der Waals surface area contributed by atoms with Crippen LogP contribution in [0.25, 0.3) is 0 Å². The van der Waals surface area contributed by atoms with E-state index in [0.29, 0.717) is 24.8 Å². The molecule has 1 amide bonds. The third-order valence-electron chi connectivity index (χ3n) is 5.60. The molecule has 7 nitrogen and oxygen atoms in total. The highest BCUT2D eigenvalue weighted by Crippen LogP contribution is 2.31. The van der Waals surface area contributed by atoms with Crippen molar-refractivity contribution in [3.05, 3.63) is 71.3 Å². The number of halogens is 1. The Balaban J connectivity index is 1.43. The minimum atomic E-state index is -0.603. The molecule has 0 saturated heterocycles. The van der Waals surface area contributed by atoms with Gasteiger partial charge in [-0.25, -0.2) is 9.07 Å². The zero-order valence-corrected chi connectivity index (χ0v) is 17.1. The summed E-state index contributed by atoms with van der Waals surface area (Å²) in [6, 6.07) is 14.3. The second-order valence-corrected chi connectivity index (χ2v) is 7.68. The number of hydrogen-bond donors (Lipinski definition) is 1. The SMILES string of the molecule is Cc1nnnn1C(Cc1ccc(F)cc1)C(=O)NCCN1c2ccccc2CC1C. The number of nitrogens with one attached hydrogen (secondary N) is 1. The molecule has 1 aliphatic rings. The van der Waals surface area contributed by atoms with Crippen molar-refractivity contribution in [2.45, 2.75) is 38.8 Å². The number of para-hydroxylation sites is 1. The van der Waals surface area contributed by atoms with Gasteiger partial charge in [0.25, 0.3) is 0 Å². The number of amides is 1. The fourth-order valence-corrected chi connectivity index (χ4v) is 4.05. The summed E-state index contributed by atoms with van der Waals surface area (Å²) in [5.74, 6) is 0.0904. The van der Waals surface area contributed by atoms with Crippen molar-refractivity contribution in [1.29, 1.82) is 0 Å². The van der Waals surface area contributed by atoms with Crippen LogP contribution in [-0.2, 0) is 17.6 Å². The maximum absolute atomic E-state index is 13.3. The Morgan fingerprint density at radius 1 is 1.23 bits per heavy atom. The van der Waals surface area contributed by atoms with Crippen molar-refractivity contribution in [3.8, 4) is 0 Å². The van der Waals surface area contributed by atoms with Gasteiger partial charge in [-0.15, -0.1) is 5.10 Å². The molecule has 2 heterocycles. The Kier molecular flexibility index (Phi) is 5.74. The van der Waals surface area contributed by atoms with Crippen LogP contribution in [0.4, 0.5) is 10.1 Å². The fraction of sp³-hybridized carbons (Fsp3) is 0.364. The van der Waals surface area contributed by atoms with Crippen molar-refractivity contribution in [1.82, 2.24) is 25.5 Å². The molecule has 0 radical (unpaired) electrons.